The fraction of sp³-hybridized carbons (Fsp3) is 0.375. The van der Waals surface area contributed by atoms with Gasteiger partial charge in [0.15, 0.2) is 0 Å². The number of thiophene rings is 1. The van der Waals surface area contributed by atoms with E-state index in [0.29, 0.717) is 45.1 Å². The van der Waals surface area contributed by atoms with Crippen LogP contribution in [0.1, 0.15) is 29.7 Å². The van der Waals surface area contributed by atoms with Gasteiger partial charge in [-0.15, -0.1) is 4.80 Å². The topological polar surface area (TPSA) is 113 Å². The molecule has 4 aromatic rings. The molecule has 2 unspecified atom stereocenters. The second-order valence-corrected chi connectivity index (χ2v) is 9.75. The molecule has 1 aliphatic heterocycles. The predicted molar refractivity (Wildman–Crippen MR) is 134 cm³/mol. The molecule has 1 fully saturated rings. The second-order valence-electron chi connectivity index (χ2n) is 8.77. The summed E-state index contributed by atoms with van der Waals surface area (Å²) in [6.45, 7) is 2.12. The van der Waals surface area contributed by atoms with E-state index in [1.54, 1.807) is 14.0 Å². The van der Waals surface area contributed by atoms with Gasteiger partial charge in [-0.1, -0.05) is 11.3 Å². The number of methoxy groups -OCH3 is 2. The van der Waals surface area contributed by atoms with Crippen molar-refractivity contribution in [3.05, 3.63) is 68.4 Å². The number of hydrogen-bond donors (Lipinski definition) is 0. The Kier molecular flexibility index (Phi) is 6.42. The van der Waals surface area contributed by atoms with E-state index in [0.717, 1.165) is 4.57 Å². The average molecular weight is 529 g/mol. The lowest BCUT2D eigenvalue weighted by molar-refractivity contribution is -0.129. The Morgan fingerprint density at radius 1 is 1.19 bits per heavy atom. The van der Waals surface area contributed by atoms with Gasteiger partial charge in [-0.3, -0.25) is 14.2 Å². The van der Waals surface area contributed by atoms with Crippen LogP contribution in [0.15, 0.2) is 40.2 Å². The molecule has 13 heteroatoms. The van der Waals surface area contributed by atoms with Gasteiger partial charge in [0.1, 0.15) is 33.5 Å². The zero-order valence-corrected chi connectivity index (χ0v) is 21.5. The van der Waals surface area contributed by atoms with E-state index < -0.39 is 29.2 Å². The SMILES string of the molecule is COc1ccc(F)cc1C(Cn1c(=O)n(C2CCN(C)C2=O)c(=O)c2c(C)c(-n3nccn3)sc21)OC. The maximum absolute atomic E-state index is 14.2. The summed E-state index contributed by atoms with van der Waals surface area (Å²) in [5, 5.41) is 9.22. The van der Waals surface area contributed by atoms with Gasteiger partial charge >= 0.3 is 5.69 Å². The maximum Gasteiger partial charge on any atom is 0.332 e. The molecule has 3 aromatic heterocycles. The van der Waals surface area contributed by atoms with Crippen LogP contribution < -0.4 is 16.0 Å². The van der Waals surface area contributed by atoms with Crippen LogP contribution in [0, 0.1) is 12.7 Å². The zero-order chi connectivity index (χ0) is 26.4. The summed E-state index contributed by atoms with van der Waals surface area (Å²) in [6.07, 6.45) is 2.56. The highest BCUT2D eigenvalue weighted by molar-refractivity contribution is 7.21. The average Bonchev–Trinajstić information content (AvgIpc) is 3.60. The van der Waals surface area contributed by atoms with Crippen molar-refractivity contribution < 1.29 is 18.7 Å². The highest BCUT2D eigenvalue weighted by Crippen LogP contribution is 2.34. The lowest BCUT2D eigenvalue weighted by Gasteiger charge is -2.22. The van der Waals surface area contributed by atoms with E-state index >= 15 is 0 Å². The highest BCUT2D eigenvalue weighted by atomic mass is 32.1. The Morgan fingerprint density at radius 3 is 2.54 bits per heavy atom. The Balaban J connectivity index is 1.77. The Bertz CT molecular complexity index is 1610. The summed E-state index contributed by atoms with van der Waals surface area (Å²) in [5.41, 5.74) is -0.208. The Morgan fingerprint density at radius 2 is 1.92 bits per heavy atom. The van der Waals surface area contributed by atoms with Crippen molar-refractivity contribution in [1.82, 2.24) is 29.0 Å². The number of amides is 1. The predicted octanol–water partition coefficient (Wildman–Crippen LogP) is 2.05. The molecule has 37 heavy (non-hydrogen) atoms. The molecule has 2 atom stereocenters. The number of benzene rings is 1. The van der Waals surface area contributed by atoms with Gasteiger partial charge in [0.2, 0.25) is 5.91 Å². The van der Waals surface area contributed by atoms with E-state index in [9.17, 15) is 18.8 Å². The zero-order valence-electron chi connectivity index (χ0n) is 20.7. The van der Waals surface area contributed by atoms with Crippen LogP contribution in [0.4, 0.5) is 4.39 Å². The maximum atomic E-state index is 14.2. The number of fused-ring (bicyclic) bond motifs is 1. The molecule has 1 amide bonds. The molecule has 0 N–H and O–H groups in total. The molecule has 1 saturated heterocycles. The second kappa shape index (κ2) is 9.56. The standard InChI is InChI=1S/C24H25FN6O5S/c1-13-19-21(33)30(16-7-10-28(2)20(16)32)24(34)29(23(19)37-22(13)31-26-8-9-27-31)12-18(36-4)15-11-14(25)5-6-17(15)35-3/h5-6,8-9,11,16,18H,7,10,12H2,1-4H3. The number of likely N-dealkylation sites (N-methyl/N-ethyl adjacent to an activating group) is 1. The van der Waals surface area contributed by atoms with E-state index in [1.807, 2.05) is 0 Å². The minimum Gasteiger partial charge on any atom is -0.496 e. The van der Waals surface area contributed by atoms with E-state index in [2.05, 4.69) is 10.2 Å². The number of nitrogens with zero attached hydrogens (tertiary/aromatic N) is 6. The number of likely N-dealkylation sites (tertiary alicyclic amines) is 1. The van der Waals surface area contributed by atoms with Crippen LogP contribution >= 0.6 is 11.3 Å². The molecule has 0 saturated carbocycles. The lowest BCUT2D eigenvalue weighted by atomic mass is 10.1. The first-order valence-electron chi connectivity index (χ1n) is 11.5. The van der Waals surface area contributed by atoms with Crippen LogP contribution in [0.25, 0.3) is 15.2 Å². The van der Waals surface area contributed by atoms with Gasteiger partial charge in [-0.2, -0.15) is 10.2 Å². The van der Waals surface area contributed by atoms with Crippen molar-refractivity contribution in [2.45, 2.75) is 32.0 Å². The van der Waals surface area contributed by atoms with Gasteiger partial charge in [-0.05, 0) is 31.5 Å². The van der Waals surface area contributed by atoms with E-state index in [-0.39, 0.29) is 12.5 Å². The molecule has 0 aliphatic carbocycles. The van der Waals surface area contributed by atoms with Crippen LogP contribution in [-0.4, -0.2) is 62.7 Å². The third-order valence-electron chi connectivity index (χ3n) is 6.70. The smallest absolute Gasteiger partial charge is 0.332 e. The van der Waals surface area contributed by atoms with Crippen molar-refractivity contribution in [2.24, 2.45) is 0 Å². The first kappa shape index (κ1) is 24.8. The summed E-state index contributed by atoms with van der Waals surface area (Å²) in [6, 6.07) is 3.13. The van der Waals surface area contributed by atoms with Gasteiger partial charge < -0.3 is 14.4 Å². The third kappa shape index (κ3) is 4.03. The molecule has 1 aromatic carbocycles. The molecule has 5 rings (SSSR count). The van der Waals surface area contributed by atoms with Gasteiger partial charge in [0.25, 0.3) is 5.56 Å². The Labute approximate surface area is 214 Å². The van der Waals surface area contributed by atoms with Crippen LogP contribution in [0.3, 0.4) is 0 Å². The molecular formula is C24H25FN6O5S. The quantitative estimate of drug-likeness (QED) is 0.361. The monoisotopic (exact) mass is 528 g/mol. The number of carbonyl (C=O) groups excluding carboxylic acids is 1. The Hall–Kier alpha value is -3.84. The van der Waals surface area contributed by atoms with Crippen molar-refractivity contribution in [3.8, 4) is 10.8 Å². The third-order valence-corrected chi connectivity index (χ3v) is 7.98. The minimum atomic E-state index is -0.920. The molecule has 194 valence electrons. The highest BCUT2D eigenvalue weighted by Gasteiger charge is 2.35. The lowest BCUT2D eigenvalue weighted by Crippen LogP contribution is -2.44. The summed E-state index contributed by atoms with van der Waals surface area (Å²) < 4.78 is 27.7. The number of aryl methyl sites for hydroxylation is 1. The first-order valence-corrected chi connectivity index (χ1v) is 12.3. The molecular weight excluding hydrogens is 503 g/mol. The van der Waals surface area contributed by atoms with Gasteiger partial charge in [-0.25, -0.2) is 13.8 Å². The summed E-state index contributed by atoms with van der Waals surface area (Å²) in [5.74, 6) is -0.400. The normalized spacial score (nSPS) is 16.6. The number of hydrogen-bond acceptors (Lipinski definition) is 8. The molecule has 4 heterocycles. The van der Waals surface area contributed by atoms with Crippen molar-refractivity contribution in [3.63, 3.8) is 0 Å². The number of rotatable bonds is 7. The molecule has 0 spiro atoms. The van der Waals surface area contributed by atoms with Crippen LogP contribution in [0.5, 0.6) is 5.75 Å². The van der Waals surface area contributed by atoms with Crippen molar-refractivity contribution >= 4 is 27.5 Å². The molecule has 0 bridgehead atoms. The van der Waals surface area contributed by atoms with E-state index in [1.165, 1.54) is 70.4 Å². The first-order chi connectivity index (χ1) is 17.8. The number of halogens is 1. The van der Waals surface area contributed by atoms with Crippen molar-refractivity contribution in [2.75, 3.05) is 27.8 Å². The van der Waals surface area contributed by atoms with Crippen molar-refractivity contribution in [1.29, 1.82) is 0 Å². The molecule has 0 radical (unpaired) electrons. The summed E-state index contributed by atoms with van der Waals surface area (Å²) in [7, 11) is 4.54. The fourth-order valence-electron chi connectivity index (χ4n) is 4.77. The number of ether oxygens (including phenoxy) is 2. The minimum absolute atomic E-state index is 0.0609. The largest absolute Gasteiger partial charge is 0.496 e. The van der Waals surface area contributed by atoms with Crippen LogP contribution in [0.2, 0.25) is 0 Å². The molecule has 11 nitrogen and oxygen atoms in total. The number of aromatic nitrogens is 5. The summed E-state index contributed by atoms with van der Waals surface area (Å²) >= 11 is 1.18. The van der Waals surface area contributed by atoms with Crippen LogP contribution in [-0.2, 0) is 16.1 Å². The van der Waals surface area contributed by atoms with Gasteiger partial charge in [0.05, 0.1) is 31.4 Å². The number of carbonyl (C=O) groups is 1. The summed E-state index contributed by atoms with van der Waals surface area (Å²) in [4.78, 5) is 43.8. The molecule has 1 aliphatic rings. The fourth-order valence-corrected chi connectivity index (χ4v) is 5.99. The van der Waals surface area contributed by atoms with E-state index in [4.69, 9.17) is 9.47 Å². The van der Waals surface area contributed by atoms with Gasteiger partial charge in [0, 0.05) is 31.8 Å².